The monoisotopic (exact) mass is 518 g/mol. The quantitative estimate of drug-likeness (QED) is 0.219. The van der Waals surface area contributed by atoms with Crippen LogP contribution >= 0.6 is 0 Å². The van der Waals surface area contributed by atoms with Crippen LogP contribution in [0.5, 0.6) is 0 Å². The number of hydrogen-bond donors (Lipinski definition) is 0. The van der Waals surface area contributed by atoms with E-state index < -0.39 is 6.16 Å². The van der Waals surface area contributed by atoms with E-state index in [0.717, 1.165) is 50.4 Å². The highest BCUT2D eigenvalue weighted by Crippen LogP contribution is 2.43. The maximum Gasteiger partial charge on any atom is 0.508 e. The van der Waals surface area contributed by atoms with E-state index >= 15 is 0 Å². The van der Waals surface area contributed by atoms with E-state index in [1.165, 1.54) is 87.2 Å². The van der Waals surface area contributed by atoms with Gasteiger partial charge in [-0.15, -0.1) is 0 Å². The zero-order valence-electron chi connectivity index (χ0n) is 24.2. The molecule has 3 nitrogen and oxygen atoms in total. The van der Waals surface area contributed by atoms with Crippen molar-refractivity contribution in [3.63, 3.8) is 0 Å². The van der Waals surface area contributed by atoms with Gasteiger partial charge in [-0.05, 0) is 104 Å². The van der Waals surface area contributed by atoms with Crippen molar-refractivity contribution in [1.29, 1.82) is 0 Å². The summed E-state index contributed by atoms with van der Waals surface area (Å²) in [6, 6.07) is 18.6. The van der Waals surface area contributed by atoms with Gasteiger partial charge in [0.1, 0.15) is 5.60 Å². The fourth-order valence-corrected chi connectivity index (χ4v) is 6.97. The largest absolute Gasteiger partial charge is 0.508 e. The van der Waals surface area contributed by atoms with E-state index in [9.17, 15) is 4.79 Å². The molecular formula is C35H50O3. The minimum absolute atomic E-state index is 0.352. The number of methoxy groups -OCH3 is 1. The predicted molar refractivity (Wildman–Crippen MR) is 158 cm³/mol. The number of benzene rings is 2. The van der Waals surface area contributed by atoms with Gasteiger partial charge >= 0.3 is 6.16 Å². The lowest BCUT2D eigenvalue weighted by atomic mass is 9.74. The van der Waals surface area contributed by atoms with Crippen LogP contribution < -0.4 is 0 Å². The van der Waals surface area contributed by atoms with Crippen molar-refractivity contribution in [2.45, 2.75) is 128 Å². The molecular weight excluding hydrogens is 468 g/mol. The van der Waals surface area contributed by atoms with Crippen LogP contribution in [0.25, 0.3) is 11.1 Å². The molecule has 2 aliphatic carbocycles. The van der Waals surface area contributed by atoms with Crippen molar-refractivity contribution in [3.8, 4) is 11.1 Å². The van der Waals surface area contributed by atoms with E-state index in [4.69, 9.17) is 9.47 Å². The van der Waals surface area contributed by atoms with Crippen molar-refractivity contribution >= 4 is 6.16 Å². The summed E-state index contributed by atoms with van der Waals surface area (Å²) in [5, 5.41) is 0. The van der Waals surface area contributed by atoms with Gasteiger partial charge in [0.2, 0.25) is 0 Å². The molecule has 2 aromatic rings. The fraction of sp³-hybridized carbons (Fsp3) is 0.629. The van der Waals surface area contributed by atoms with Crippen molar-refractivity contribution in [2.24, 2.45) is 5.92 Å². The molecule has 2 fully saturated rings. The van der Waals surface area contributed by atoms with Gasteiger partial charge in [-0.25, -0.2) is 4.79 Å². The second-order valence-corrected chi connectivity index (χ2v) is 12.1. The lowest BCUT2D eigenvalue weighted by molar-refractivity contribution is -0.0573. The van der Waals surface area contributed by atoms with Crippen LogP contribution in [-0.2, 0) is 9.47 Å². The average Bonchev–Trinajstić information content (AvgIpc) is 2.97. The van der Waals surface area contributed by atoms with Crippen LogP contribution in [0.4, 0.5) is 4.79 Å². The molecule has 208 valence electrons. The summed E-state index contributed by atoms with van der Waals surface area (Å²) in [6.07, 6.45) is 17.5. The first kappa shape index (κ1) is 28.7. The molecule has 2 aromatic carbocycles. The number of carbonyl (C=O) groups is 1. The zero-order valence-corrected chi connectivity index (χ0v) is 24.2. The van der Waals surface area contributed by atoms with Crippen LogP contribution in [0.15, 0.2) is 48.5 Å². The third kappa shape index (κ3) is 7.64. The highest BCUT2D eigenvalue weighted by atomic mass is 16.7. The molecule has 38 heavy (non-hydrogen) atoms. The summed E-state index contributed by atoms with van der Waals surface area (Å²) in [4.78, 5) is 12.0. The Hall–Kier alpha value is -2.29. The molecule has 2 aliphatic rings. The lowest BCUT2D eigenvalue weighted by Gasteiger charge is -2.39. The number of rotatable bonds is 11. The van der Waals surface area contributed by atoms with E-state index in [0.29, 0.717) is 5.92 Å². The minimum Gasteiger partial charge on any atom is -0.438 e. The van der Waals surface area contributed by atoms with Gasteiger partial charge in [0.05, 0.1) is 7.11 Å². The first-order chi connectivity index (χ1) is 18.6. The molecule has 0 atom stereocenters. The summed E-state index contributed by atoms with van der Waals surface area (Å²) >= 11 is 0. The third-order valence-electron chi connectivity index (χ3n) is 9.51. The van der Waals surface area contributed by atoms with Crippen molar-refractivity contribution in [1.82, 2.24) is 0 Å². The van der Waals surface area contributed by atoms with Gasteiger partial charge in [-0.2, -0.15) is 0 Å². The first-order valence-corrected chi connectivity index (χ1v) is 15.5. The Kier molecular flexibility index (Phi) is 10.7. The van der Waals surface area contributed by atoms with Crippen molar-refractivity contribution in [2.75, 3.05) is 7.11 Å². The Bertz CT molecular complexity index is 961. The van der Waals surface area contributed by atoms with Crippen LogP contribution in [0.3, 0.4) is 0 Å². The summed E-state index contributed by atoms with van der Waals surface area (Å²) in [5.74, 6) is 2.23. The second kappa shape index (κ2) is 14.2. The molecule has 3 heteroatoms. The molecule has 0 heterocycles. The van der Waals surface area contributed by atoms with E-state index in [1.807, 2.05) is 0 Å². The highest BCUT2D eigenvalue weighted by molar-refractivity contribution is 5.64. The molecule has 0 aromatic heterocycles. The Morgan fingerprint density at radius 1 is 0.737 bits per heavy atom. The van der Waals surface area contributed by atoms with Gasteiger partial charge < -0.3 is 9.47 Å². The molecule has 0 aliphatic heterocycles. The molecule has 4 rings (SSSR count). The van der Waals surface area contributed by atoms with Crippen LogP contribution in [-0.4, -0.2) is 18.9 Å². The Labute approximate surface area is 231 Å². The molecule has 2 saturated carbocycles. The summed E-state index contributed by atoms with van der Waals surface area (Å²) in [6.45, 7) is 4.52. The summed E-state index contributed by atoms with van der Waals surface area (Å²) in [7, 11) is 1.41. The second-order valence-electron chi connectivity index (χ2n) is 12.1. The number of unbranched alkanes of at least 4 members (excludes halogenated alkanes) is 3. The Balaban J connectivity index is 1.32. The Morgan fingerprint density at radius 3 is 1.76 bits per heavy atom. The SMILES string of the molecule is CCCCCC1(OC(=O)OC)CCC(c2ccc(-c3ccc([C@H]4CC[C@H](CCCC)CC4)cc3)cc2)CC1. The molecule has 0 spiro atoms. The Morgan fingerprint density at radius 2 is 1.26 bits per heavy atom. The fourth-order valence-electron chi connectivity index (χ4n) is 6.97. The molecule has 0 N–H and O–H groups in total. The predicted octanol–water partition coefficient (Wildman–Crippen LogP) is 10.6. The smallest absolute Gasteiger partial charge is 0.438 e. The third-order valence-corrected chi connectivity index (χ3v) is 9.51. The minimum atomic E-state index is -0.532. The summed E-state index contributed by atoms with van der Waals surface area (Å²) < 4.78 is 10.7. The molecule has 0 bridgehead atoms. The van der Waals surface area contributed by atoms with Crippen LogP contribution in [0.1, 0.15) is 133 Å². The average molecular weight is 519 g/mol. The lowest BCUT2D eigenvalue weighted by Crippen LogP contribution is -2.39. The van der Waals surface area contributed by atoms with E-state index in [1.54, 1.807) is 0 Å². The number of hydrogen-bond acceptors (Lipinski definition) is 3. The van der Waals surface area contributed by atoms with Crippen molar-refractivity contribution in [3.05, 3.63) is 59.7 Å². The van der Waals surface area contributed by atoms with E-state index in [2.05, 4.69) is 62.4 Å². The topological polar surface area (TPSA) is 35.5 Å². The highest BCUT2D eigenvalue weighted by Gasteiger charge is 2.39. The van der Waals surface area contributed by atoms with Gasteiger partial charge in [0.15, 0.2) is 0 Å². The molecule has 0 radical (unpaired) electrons. The zero-order chi connectivity index (χ0) is 26.8. The van der Waals surface area contributed by atoms with E-state index in [-0.39, 0.29) is 5.60 Å². The normalized spacial score (nSPS) is 25.6. The summed E-state index contributed by atoms with van der Waals surface area (Å²) in [5.41, 5.74) is 5.18. The van der Waals surface area contributed by atoms with Gasteiger partial charge in [-0.1, -0.05) is 94.5 Å². The molecule has 0 amide bonds. The standard InChI is InChI=1S/C35H50O3/c1-4-6-8-24-35(38-34(36)37-3)25-22-33(23-26-35)32-20-18-31(19-21-32)30-16-14-29(15-17-30)28-12-10-27(11-13-28)9-7-5-2/h14-21,27-28,33H,4-13,22-26H2,1-3H3/t27-,28-,33?,35?. The van der Waals surface area contributed by atoms with Crippen LogP contribution in [0.2, 0.25) is 0 Å². The molecule has 0 saturated heterocycles. The maximum absolute atomic E-state index is 12.0. The van der Waals surface area contributed by atoms with Gasteiger partial charge in [-0.3, -0.25) is 0 Å². The van der Waals surface area contributed by atoms with Gasteiger partial charge in [0, 0.05) is 0 Å². The van der Waals surface area contributed by atoms with Gasteiger partial charge in [0.25, 0.3) is 0 Å². The maximum atomic E-state index is 12.0. The van der Waals surface area contributed by atoms with Crippen LogP contribution in [0, 0.1) is 5.92 Å². The number of ether oxygens (including phenoxy) is 2. The molecule has 0 unspecified atom stereocenters. The first-order valence-electron chi connectivity index (χ1n) is 15.5. The van der Waals surface area contributed by atoms with Crippen molar-refractivity contribution < 1.29 is 14.3 Å². The number of carbonyl (C=O) groups excluding carboxylic acids is 1.